The number of likely N-dealkylation sites (tertiary alicyclic amines) is 1. The van der Waals surface area contributed by atoms with Crippen LogP contribution in [0.1, 0.15) is 17.2 Å². The number of aliphatic hydroxyl groups is 1. The van der Waals surface area contributed by atoms with Crippen LogP contribution in [0.4, 0.5) is 0 Å². The summed E-state index contributed by atoms with van der Waals surface area (Å²) in [5.74, 6) is -0.949. The first-order chi connectivity index (χ1) is 14.8. The van der Waals surface area contributed by atoms with Crippen molar-refractivity contribution in [3.05, 3.63) is 82.9 Å². The quantitative estimate of drug-likeness (QED) is 0.292. The van der Waals surface area contributed by atoms with Gasteiger partial charge in [-0.3, -0.25) is 9.59 Å². The van der Waals surface area contributed by atoms with E-state index in [0.717, 1.165) is 0 Å². The molecule has 1 amide bonds. The number of ether oxygens (including phenoxy) is 1. The fourth-order valence-electron chi connectivity index (χ4n) is 3.43. The summed E-state index contributed by atoms with van der Waals surface area (Å²) in [5.41, 5.74) is 1.19. The summed E-state index contributed by atoms with van der Waals surface area (Å²) < 4.78 is 5.46. The molecule has 7 heteroatoms. The number of benzene rings is 2. The van der Waals surface area contributed by atoms with Crippen molar-refractivity contribution in [2.75, 3.05) is 33.8 Å². The number of nitrogens with zero attached hydrogens (tertiary/aromatic N) is 2. The fraction of sp³-hybridized carbons (Fsp3) is 0.250. The third-order valence-corrected chi connectivity index (χ3v) is 5.26. The number of carbonyl (C=O) groups excluding carboxylic acids is 2. The minimum absolute atomic E-state index is 0.0610. The molecule has 0 spiro atoms. The van der Waals surface area contributed by atoms with Crippen LogP contribution in [-0.2, 0) is 9.59 Å². The molecule has 1 aliphatic rings. The molecule has 0 aliphatic carbocycles. The largest absolute Gasteiger partial charge is 0.507 e. The molecule has 162 valence electrons. The molecule has 1 unspecified atom stereocenters. The highest BCUT2D eigenvalue weighted by atomic mass is 35.5. The van der Waals surface area contributed by atoms with Gasteiger partial charge in [0.2, 0.25) is 0 Å². The second-order valence-corrected chi connectivity index (χ2v) is 7.91. The molecule has 1 saturated heterocycles. The fourth-order valence-corrected chi connectivity index (χ4v) is 3.56. The van der Waals surface area contributed by atoms with Gasteiger partial charge in [0.25, 0.3) is 11.7 Å². The minimum atomic E-state index is -0.705. The van der Waals surface area contributed by atoms with E-state index >= 15 is 0 Å². The van der Waals surface area contributed by atoms with Gasteiger partial charge in [-0.05, 0) is 56.1 Å². The van der Waals surface area contributed by atoms with Crippen molar-refractivity contribution in [1.82, 2.24) is 9.80 Å². The van der Waals surface area contributed by atoms with Crippen molar-refractivity contribution < 1.29 is 19.4 Å². The molecule has 6 nitrogen and oxygen atoms in total. The van der Waals surface area contributed by atoms with Gasteiger partial charge in [-0.2, -0.15) is 0 Å². The summed E-state index contributed by atoms with van der Waals surface area (Å²) in [5, 5.41) is 11.6. The van der Waals surface area contributed by atoms with Crippen molar-refractivity contribution in [2.45, 2.75) is 6.04 Å². The van der Waals surface area contributed by atoms with Crippen LogP contribution in [0.15, 0.2) is 66.8 Å². The predicted octanol–water partition coefficient (Wildman–Crippen LogP) is 3.89. The zero-order valence-corrected chi connectivity index (χ0v) is 18.3. The van der Waals surface area contributed by atoms with Gasteiger partial charge in [-0.25, -0.2) is 0 Å². The van der Waals surface area contributed by atoms with Crippen molar-refractivity contribution >= 4 is 29.1 Å². The first-order valence-corrected chi connectivity index (χ1v) is 10.2. The monoisotopic (exact) mass is 440 g/mol. The number of hydrogen-bond donors (Lipinski definition) is 1. The van der Waals surface area contributed by atoms with Gasteiger partial charge in [0.15, 0.2) is 0 Å². The Morgan fingerprint density at radius 3 is 2.39 bits per heavy atom. The maximum absolute atomic E-state index is 12.9. The highest BCUT2D eigenvalue weighted by molar-refractivity contribution is 6.46. The summed E-state index contributed by atoms with van der Waals surface area (Å²) in [6, 6.07) is 12.9. The lowest BCUT2D eigenvalue weighted by molar-refractivity contribution is -0.140. The van der Waals surface area contributed by atoms with Crippen LogP contribution >= 0.6 is 11.6 Å². The highest BCUT2D eigenvalue weighted by Gasteiger charge is 2.45. The number of amides is 1. The summed E-state index contributed by atoms with van der Waals surface area (Å²) in [4.78, 5) is 29.2. The van der Waals surface area contributed by atoms with Crippen molar-refractivity contribution in [2.24, 2.45) is 0 Å². The van der Waals surface area contributed by atoms with E-state index in [1.165, 1.54) is 4.90 Å². The standard InChI is InChI=1S/C24H25ClN2O4/c1-4-15-31-19-11-7-17(8-12-19)22(28)20-21(16-5-9-18(25)10-6-16)27(14-13-26(2)3)24(30)23(20)29/h4-12,21,28H,1,13-15H2,2-3H3/b22-20-. The molecule has 3 rings (SSSR count). The maximum Gasteiger partial charge on any atom is 0.295 e. The summed E-state index contributed by atoms with van der Waals surface area (Å²) in [7, 11) is 3.79. The van der Waals surface area contributed by atoms with E-state index in [4.69, 9.17) is 16.3 Å². The molecule has 1 heterocycles. The van der Waals surface area contributed by atoms with E-state index in [0.29, 0.717) is 41.6 Å². The van der Waals surface area contributed by atoms with Crippen LogP contribution in [0.25, 0.3) is 5.76 Å². The number of hydrogen-bond acceptors (Lipinski definition) is 5. The van der Waals surface area contributed by atoms with Crippen molar-refractivity contribution in [3.63, 3.8) is 0 Å². The average molecular weight is 441 g/mol. The Morgan fingerprint density at radius 2 is 1.81 bits per heavy atom. The number of rotatable bonds is 8. The van der Waals surface area contributed by atoms with E-state index < -0.39 is 17.7 Å². The molecule has 1 N–H and O–H groups in total. The topological polar surface area (TPSA) is 70.1 Å². The molecular formula is C24H25ClN2O4. The smallest absolute Gasteiger partial charge is 0.295 e. The van der Waals surface area contributed by atoms with E-state index in [-0.39, 0.29) is 11.3 Å². The lowest BCUT2D eigenvalue weighted by Crippen LogP contribution is -2.35. The molecule has 0 aromatic heterocycles. The predicted molar refractivity (Wildman–Crippen MR) is 121 cm³/mol. The lowest BCUT2D eigenvalue weighted by atomic mass is 9.95. The summed E-state index contributed by atoms with van der Waals surface area (Å²) in [6.45, 7) is 4.89. The molecule has 2 aromatic carbocycles. The van der Waals surface area contributed by atoms with Gasteiger partial charge in [-0.15, -0.1) is 0 Å². The van der Waals surface area contributed by atoms with Gasteiger partial charge in [-0.1, -0.05) is 36.4 Å². The molecule has 0 bridgehead atoms. The Hall–Kier alpha value is -3.09. The highest BCUT2D eigenvalue weighted by Crippen LogP contribution is 2.39. The average Bonchev–Trinajstić information content (AvgIpc) is 3.01. The molecule has 1 aliphatic heterocycles. The van der Waals surface area contributed by atoms with Crippen LogP contribution in [0.2, 0.25) is 5.02 Å². The number of aliphatic hydroxyl groups excluding tert-OH is 1. The van der Waals surface area contributed by atoms with Crippen LogP contribution in [0.3, 0.4) is 0 Å². The summed E-state index contributed by atoms with van der Waals surface area (Å²) in [6.07, 6.45) is 1.63. The van der Waals surface area contributed by atoms with Crippen LogP contribution in [0.5, 0.6) is 5.75 Å². The van der Waals surface area contributed by atoms with Gasteiger partial charge < -0.3 is 19.6 Å². The normalized spacial score (nSPS) is 17.9. The molecular weight excluding hydrogens is 416 g/mol. The molecule has 0 saturated carbocycles. The van der Waals surface area contributed by atoms with Crippen molar-refractivity contribution in [3.8, 4) is 5.75 Å². The Morgan fingerprint density at radius 1 is 1.16 bits per heavy atom. The van der Waals surface area contributed by atoms with Crippen molar-refractivity contribution in [1.29, 1.82) is 0 Å². The number of halogens is 1. The Labute approximate surface area is 187 Å². The Bertz CT molecular complexity index is 997. The van der Waals surface area contributed by atoms with Gasteiger partial charge in [0, 0.05) is 23.7 Å². The van der Waals surface area contributed by atoms with Crippen LogP contribution in [0, 0.1) is 0 Å². The first kappa shape index (κ1) is 22.6. The molecule has 1 fully saturated rings. The van der Waals surface area contributed by atoms with E-state index in [2.05, 4.69) is 6.58 Å². The van der Waals surface area contributed by atoms with Crippen LogP contribution < -0.4 is 4.74 Å². The molecule has 0 radical (unpaired) electrons. The lowest BCUT2D eigenvalue weighted by Gasteiger charge is -2.26. The van der Waals surface area contributed by atoms with Gasteiger partial charge in [0.1, 0.15) is 18.1 Å². The number of likely N-dealkylation sites (N-methyl/N-ethyl adjacent to an activating group) is 1. The number of carbonyl (C=O) groups is 2. The van der Waals surface area contributed by atoms with E-state index in [1.54, 1.807) is 54.6 Å². The Balaban J connectivity index is 2.05. The number of Topliss-reactive ketones (excluding diaryl/α,β-unsaturated/α-hetero) is 1. The SMILES string of the molecule is C=CCOc1ccc(/C(O)=C2/C(=O)C(=O)N(CCN(C)C)C2c2ccc(Cl)cc2)cc1. The first-order valence-electron chi connectivity index (χ1n) is 9.86. The number of ketones is 1. The van der Waals surface area contributed by atoms with E-state index in [9.17, 15) is 14.7 Å². The van der Waals surface area contributed by atoms with Gasteiger partial charge in [0.05, 0.1) is 11.6 Å². The van der Waals surface area contributed by atoms with Gasteiger partial charge >= 0.3 is 0 Å². The molecule has 1 atom stereocenters. The minimum Gasteiger partial charge on any atom is -0.507 e. The zero-order valence-electron chi connectivity index (χ0n) is 17.5. The van der Waals surface area contributed by atoms with E-state index in [1.807, 2.05) is 19.0 Å². The second kappa shape index (κ2) is 9.81. The second-order valence-electron chi connectivity index (χ2n) is 7.47. The molecule has 2 aromatic rings. The zero-order chi connectivity index (χ0) is 22.5. The summed E-state index contributed by atoms with van der Waals surface area (Å²) >= 11 is 6.03. The molecule has 31 heavy (non-hydrogen) atoms. The Kier molecular flexibility index (Phi) is 7.15. The maximum atomic E-state index is 12.9. The third kappa shape index (κ3) is 4.98. The van der Waals surface area contributed by atoms with Crippen LogP contribution in [-0.4, -0.2) is 60.4 Å². The third-order valence-electron chi connectivity index (χ3n) is 5.01.